The summed E-state index contributed by atoms with van der Waals surface area (Å²) in [5.74, 6) is -0.264. The zero-order valence-corrected chi connectivity index (χ0v) is 24.3. The average Bonchev–Trinajstić information content (AvgIpc) is 3.01. The smallest absolute Gasteiger partial charge is 0.262 e. The standard InChI is InChI=1S/C35H31N3O3S/c1-25-13-17-29(18-14-25)36-42(40,41)31-21-22-33-32(23-31)35(39)38(30-19-15-26(2)16-20-30)34(28-11-7-4-8-12-28)37(33)24-27-9-5-3-6-10-27/h3-23,34,36H,24H2,1-2H3/t34-/m1/s1. The SMILES string of the molecule is Cc1ccc(NS(=O)(=O)c2ccc3c(c2)C(=O)N(c2ccc(C)cc2)[C@H](c2ccccc2)N3Cc2ccccc2)cc1. The summed E-state index contributed by atoms with van der Waals surface area (Å²) in [7, 11) is -3.95. The minimum absolute atomic E-state index is 0.0249. The van der Waals surface area contributed by atoms with Gasteiger partial charge in [0.25, 0.3) is 15.9 Å². The molecule has 6 rings (SSSR count). The van der Waals surface area contributed by atoms with Crippen LogP contribution in [0.4, 0.5) is 17.1 Å². The second kappa shape index (κ2) is 11.2. The van der Waals surface area contributed by atoms with E-state index >= 15 is 0 Å². The molecule has 0 unspecified atom stereocenters. The number of benzene rings is 5. The molecule has 1 atom stereocenters. The predicted molar refractivity (Wildman–Crippen MR) is 168 cm³/mol. The molecule has 6 nitrogen and oxygen atoms in total. The van der Waals surface area contributed by atoms with E-state index in [1.165, 1.54) is 6.07 Å². The first-order valence-electron chi connectivity index (χ1n) is 13.8. The quantitative estimate of drug-likeness (QED) is 0.219. The number of hydrogen-bond donors (Lipinski definition) is 1. The fourth-order valence-electron chi connectivity index (χ4n) is 5.32. The average molecular weight is 574 g/mol. The van der Waals surface area contributed by atoms with E-state index in [9.17, 15) is 13.2 Å². The van der Waals surface area contributed by atoms with Gasteiger partial charge in [0.15, 0.2) is 0 Å². The Labute approximate surface area is 246 Å². The van der Waals surface area contributed by atoms with Crippen molar-refractivity contribution >= 4 is 33.0 Å². The number of sulfonamides is 1. The van der Waals surface area contributed by atoms with Crippen LogP contribution in [0.5, 0.6) is 0 Å². The van der Waals surface area contributed by atoms with Gasteiger partial charge in [0.05, 0.1) is 16.1 Å². The normalized spacial score (nSPS) is 14.9. The minimum atomic E-state index is -3.95. The molecular weight excluding hydrogens is 542 g/mol. The van der Waals surface area contributed by atoms with Crippen LogP contribution in [0.15, 0.2) is 132 Å². The van der Waals surface area contributed by atoms with Crippen molar-refractivity contribution in [2.24, 2.45) is 0 Å². The number of fused-ring (bicyclic) bond motifs is 1. The largest absolute Gasteiger partial charge is 0.342 e. The number of aryl methyl sites for hydroxylation is 2. The monoisotopic (exact) mass is 573 g/mol. The van der Waals surface area contributed by atoms with Crippen LogP contribution in [0.2, 0.25) is 0 Å². The lowest BCUT2D eigenvalue weighted by molar-refractivity contribution is 0.0968. The van der Waals surface area contributed by atoms with Crippen molar-refractivity contribution in [3.8, 4) is 0 Å². The van der Waals surface area contributed by atoms with E-state index in [4.69, 9.17) is 0 Å². The third-order valence-electron chi connectivity index (χ3n) is 7.49. The second-order valence-electron chi connectivity index (χ2n) is 10.6. The molecule has 0 aromatic heterocycles. The van der Waals surface area contributed by atoms with E-state index in [0.717, 1.165) is 27.9 Å². The lowest BCUT2D eigenvalue weighted by Crippen LogP contribution is -2.49. The van der Waals surface area contributed by atoms with Gasteiger partial charge < -0.3 is 4.90 Å². The molecule has 5 aromatic rings. The molecule has 5 aromatic carbocycles. The molecule has 0 saturated carbocycles. The van der Waals surface area contributed by atoms with Crippen LogP contribution >= 0.6 is 0 Å². The summed E-state index contributed by atoms with van der Waals surface area (Å²) in [5, 5.41) is 0. The van der Waals surface area contributed by atoms with Crippen molar-refractivity contribution in [1.82, 2.24) is 0 Å². The van der Waals surface area contributed by atoms with Gasteiger partial charge in [-0.2, -0.15) is 0 Å². The molecule has 1 N–H and O–H groups in total. The van der Waals surface area contributed by atoms with E-state index in [0.29, 0.717) is 23.5 Å². The highest BCUT2D eigenvalue weighted by Gasteiger charge is 2.40. The van der Waals surface area contributed by atoms with Gasteiger partial charge in [0.2, 0.25) is 0 Å². The summed E-state index contributed by atoms with van der Waals surface area (Å²) in [6.45, 7) is 4.46. The van der Waals surface area contributed by atoms with Gasteiger partial charge in [0, 0.05) is 17.9 Å². The van der Waals surface area contributed by atoms with Crippen LogP contribution in [0.3, 0.4) is 0 Å². The van der Waals surface area contributed by atoms with E-state index < -0.39 is 16.2 Å². The molecule has 1 aliphatic heterocycles. The second-order valence-corrected chi connectivity index (χ2v) is 12.2. The summed E-state index contributed by atoms with van der Waals surface area (Å²) in [6.07, 6.45) is -0.456. The van der Waals surface area contributed by atoms with Crippen LogP contribution in [-0.2, 0) is 16.6 Å². The summed E-state index contributed by atoms with van der Waals surface area (Å²) in [5.41, 5.74) is 6.32. The lowest BCUT2D eigenvalue weighted by Gasteiger charge is -2.46. The van der Waals surface area contributed by atoms with E-state index in [2.05, 4.69) is 21.8 Å². The molecule has 0 bridgehead atoms. The molecule has 1 aliphatic rings. The molecular formula is C35H31N3O3S. The Kier molecular flexibility index (Phi) is 7.27. The first kappa shape index (κ1) is 27.3. The molecule has 1 heterocycles. The molecule has 7 heteroatoms. The van der Waals surface area contributed by atoms with Crippen LogP contribution < -0.4 is 14.5 Å². The molecule has 0 fully saturated rings. The fraction of sp³-hybridized carbons (Fsp3) is 0.114. The van der Waals surface area contributed by atoms with Crippen molar-refractivity contribution < 1.29 is 13.2 Å². The number of carbonyl (C=O) groups excluding carboxylic acids is 1. The van der Waals surface area contributed by atoms with Crippen molar-refractivity contribution in [1.29, 1.82) is 0 Å². The number of rotatable bonds is 7. The number of nitrogens with one attached hydrogen (secondary N) is 1. The van der Waals surface area contributed by atoms with Gasteiger partial charge in [-0.1, -0.05) is 96.1 Å². The number of amides is 1. The van der Waals surface area contributed by atoms with Gasteiger partial charge >= 0.3 is 0 Å². The summed E-state index contributed by atoms with van der Waals surface area (Å²) < 4.78 is 29.6. The Hall–Kier alpha value is -4.88. The Bertz CT molecular complexity index is 1820. The summed E-state index contributed by atoms with van der Waals surface area (Å²) in [4.78, 5) is 18.4. The maximum atomic E-state index is 14.4. The first-order chi connectivity index (χ1) is 20.3. The fourth-order valence-corrected chi connectivity index (χ4v) is 6.41. The van der Waals surface area contributed by atoms with Crippen molar-refractivity contribution in [3.63, 3.8) is 0 Å². The Balaban J connectivity index is 1.51. The highest BCUT2D eigenvalue weighted by atomic mass is 32.2. The first-order valence-corrected chi connectivity index (χ1v) is 15.3. The van der Waals surface area contributed by atoms with E-state index in [1.54, 1.807) is 29.2 Å². The Morgan fingerprint density at radius 3 is 1.95 bits per heavy atom. The zero-order chi connectivity index (χ0) is 29.3. The molecule has 210 valence electrons. The molecule has 42 heavy (non-hydrogen) atoms. The molecule has 0 aliphatic carbocycles. The minimum Gasteiger partial charge on any atom is -0.342 e. The van der Waals surface area contributed by atoms with Crippen LogP contribution in [0.25, 0.3) is 0 Å². The number of carbonyl (C=O) groups is 1. The van der Waals surface area contributed by atoms with Crippen molar-refractivity contribution in [2.45, 2.75) is 31.5 Å². The van der Waals surface area contributed by atoms with Gasteiger partial charge in [0.1, 0.15) is 6.17 Å². The van der Waals surface area contributed by atoms with Crippen molar-refractivity contribution in [3.05, 3.63) is 155 Å². The van der Waals surface area contributed by atoms with Gasteiger partial charge in [-0.3, -0.25) is 14.4 Å². The van der Waals surface area contributed by atoms with E-state index in [1.807, 2.05) is 98.8 Å². The summed E-state index contributed by atoms with van der Waals surface area (Å²) in [6, 6.07) is 39.8. The predicted octanol–water partition coefficient (Wildman–Crippen LogP) is 7.47. The lowest BCUT2D eigenvalue weighted by atomic mass is 9.99. The highest BCUT2D eigenvalue weighted by Crippen LogP contribution is 2.43. The molecule has 0 saturated heterocycles. The Morgan fingerprint density at radius 2 is 1.31 bits per heavy atom. The maximum absolute atomic E-state index is 14.4. The topological polar surface area (TPSA) is 69.7 Å². The summed E-state index contributed by atoms with van der Waals surface area (Å²) >= 11 is 0. The zero-order valence-electron chi connectivity index (χ0n) is 23.4. The van der Waals surface area contributed by atoms with Gasteiger partial charge in [-0.15, -0.1) is 0 Å². The van der Waals surface area contributed by atoms with E-state index in [-0.39, 0.29) is 10.8 Å². The maximum Gasteiger partial charge on any atom is 0.262 e. The number of nitrogens with zero attached hydrogens (tertiary/aromatic N) is 2. The van der Waals surface area contributed by atoms with Crippen LogP contribution in [0.1, 0.15) is 38.8 Å². The van der Waals surface area contributed by atoms with Crippen LogP contribution in [-0.4, -0.2) is 14.3 Å². The van der Waals surface area contributed by atoms with Crippen LogP contribution in [0, 0.1) is 13.8 Å². The Morgan fingerprint density at radius 1 is 0.714 bits per heavy atom. The third-order valence-corrected chi connectivity index (χ3v) is 8.87. The molecule has 0 radical (unpaired) electrons. The van der Waals surface area contributed by atoms with Gasteiger partial charge in [-0.25, -0.2) is 8.42 Å². The third kappa shape index (κ3) is 5.39. The highest BCUT2D eigenvalue weighted by molar-refractivity contribution is 7.92. The molecule has 1 amide bonds. The number of anilines is 3. The molecule has 0 spiro atoms. The number of hydrogen-bond acceptors (Lipinski definition) is 4. The van der Waals surface area contributed by atoms with Crippen molar-refractivity contribution in [2.75, 3.05) is 14.5 Å². The van der Waals surface area contributed by atoms with Gasteiger partial charge in [-0.05, 0) is 67.4 Å².